The third-order valence-corrected chi connectivity index (χ3v) is 4.52. The molecule has 2 aromatic heterocycles. The van der Waals surface area contributed by atoms with Gasteiger partial charge in [0.1, 0.15) is 5.82 Å². The number of halogens is 4. The van der Waals surface area contributed by atoms with Crippen LogP contribution in [0, 0.1) is 5.82 Å². The molecule has 2 aromatic carbocycles. The van der Waals surface area contributed by atoms with Crippen LogP contribution in [-0.4, -0.2) is 20.7 Å². The Morgan fingerprint density at radius 3 is 2.53 bits per heavy atom. The Hall–Kier alpha value is -3.75. The van der Waals surface area contributed by atoms with Gasteiger partial charge in [0, 0.05) is 18.1 Å². The molecule has 4 aromatic rings. The first-order valence-corrected chi connectivity index (χ1v) is 8.85. The molecule has 4 rings (SSSR count). The molecule has 0 aliphatic heterocycles. The molecule has 0 atom stereocenters. The number of rotatable bonds is 4. The van der Waals surface area contributed by atoms with E-state index in [1.807, 2.05) is 0 Å². The first-order valence-electron chi connectivity index (χ1n) is 8.85. The molecule has 9 heteroatoms. The first-order chi connectivity index (χ1) is 14.3. The maximum absolute atomic E-state index is 13.2. The quantitative estimate of drug-likeness (QED) is 0.500. The van der Waals surface area contributed by atoms with E-state index in [-0.39, 0.29) is 17.9 Å². The van der Waals surface area contributed by atoms with Crippen LogP contribution >= 0.6 is 0 Å². The van der Waals surface area contributed by atoms with Gasteiger partial charge in [0.15, 0.2) is 0 Å². The van der Waals surface area contributed by atoms with Crippen molar-refractivity contribution in [2.24, 2.45) is 0 Å². The molecule has 0 aliphatic rings. The van der Waals surface area contributed by atoms with E-state index in [1.165, 1.54) is 47.5 Å². The zero-order valence-corrected chi connectivity index (χ0v) is 15.3. The number of alkyl halides is 3. The number of aromatic nitrogens is 3. The van der Waals surface area contributed by atoms with Gasteiger partial charge in [0.05, 0.1) is 34.7 Å². The lowest BCUT2D eigenvalue weighted by Crippen LogP contribution is -2.23. The fraction of sp³-hybridized carbons (Fsp3) is 0.0952. The van der Waals surface area contributed by atoms with Gasteiger partial charge in [-0.05, 0) is 42.0 Å². The summed E-state index contributed by atoms with van der Waals surface area (Å²) < 4.78 is 53.2. The number of carbonyl (C=O) groups excluding carboxylic acids is 1. The number of carbonyl (C=O) groups is 1. The molecule has 0 aliphatic carbocycles. The van der Waals surface area contributed by atoms with E-state index in [0.717, 1.165) is 12.1 Å². The van der Waals surface area contributed by atoms with Crippen molar-refractivity contribution in [3.63, 3.8) is 0 Å². The first kappa shape index (κ1) is 19.6. The third-order valence-electron chi connectivity index (χ3n) is 4.52. The summed E-state index contributed by atoms with van der Waals surface area (Å²) in [5.41, 5.74) is 0.898. The van der Waals surface area contributed by atoms with Gasteiger partial charge >= 0.3 is 6.18 Å². The summed E-state index contributed by atoms with van der Waals surface area (Å²) in [6.07, 6.45) is -0.0835. The Labute approximate surface area is 168 Å². The largest absolute Gasteiger partial charge is 0.416 e. The molecule has 0 saturated carbocycles. The number of fused-ring (bicyclic) bond motifs is 1. The lowest BCUT2D eigenvalue weighted by Gasteiger charge is -2.10. The molecule has 1 amide bonds. The number of pyridine rings is 1. The van der Waals surface area contributed by atoms with Crippen molar-refractivity contribution in [1.82, 2.24) is 20.1 Å². The highest BCUT2D eigenvalue weighted by atomic mass is 19.4. The van der Waals surface area contributed by atoms with Crippen molar-refractivity contribution in [3.05, 3.63) is 89.6 Å². The molecular weight excluding hydrogens is 400 g/mol. The summed E-state index contributed by atoms with van der Waals surface area (Å²) in [6.45, 7) is -0.0781. The van der Waals surface area contributed by atoms with Gasteiger partial charge < -0.3 is 5.32 Å². The number of hydrogen-bond donors (Lipinski definition) is 1. The maximum Gasteiger partial charge on any atom is 0.416 e. The normalized spacial score (nSPS) is 11.6. The van der Waals surface area contributed by atoms with E-state index in [2.05, 4.69) is 15.4 Å². The van der Waals surface area contributed by atoms with Gasteiger partial charge in [-0.2, -0.15) is 18.3 Å². The van der Waals surface area contributed by atoms with E-state index < -0.39 is 17.6 Å². The molecule has 0 spiro atoms. The molecule has 0 unspecified atom stereocenters. The highest BCUT2D eigenvalue weighted by Gasteiger charge is 2.30. The van der Waals surface area contributed by atoms with Gasteiger partial charge in [-0.3, -0.25) is 9.78 Å². The summed E-state index contributed by atoms with van der Waals surface area (Å²) in [5.74, 6) is -0.882. The smallest absolute Gasteiger partial charge is 0.348 e. The zero-order chi connectivity index (χ0) is 21.3. The molecule has 0 bridgehead atoms. The fourth-order valence-electron chi connectivity index (χ4n) is 3.05. The van der Waals surface area contributed by atoms with Crippen LogP contribution < -0.4 is 5.32 Å². The average molecular weight is 414 g/mol. The molecular formula is C21H14F4N4O. The minimum atomic E-state index is -4.45. The number of nitrogens with zero attached hydrogens (tertiary/aromatic N) is 3. The number of hydrogen-bond acceptors (Lipinski definition) is 3. The van der Waals surface area contributed by atoms with Crippen molar-refractivity contribution >= 4 is 16.8 Å². The van der Waals surface area contributed by atoms with Crippen LogP contribution in [0.5, 0.6) is 0 Å². The van der Waals surface area contributed by atoms with Crippen LogP contribution in [0.3, 0.4) is 0 Å². The van der Waals surface area contributed by atoms with Crippen LogP contribution in [0.1, 0.15) is 21.5 Å². The topological polar surface area (TPSA) is 59.8 Å². The standard InChI is InChI=1S/C21H14F4N4O/c22-15-4-6-16(7-5-15)29-19-12-26-10-18(17(19)11-28-29)20(30)27-9-13-2-1-3-14(8-13)21(23,24)25/h1-8,10-12H,9H2,(H,27,30). The Morgan fingerprint density at radius 1 is 1.03 bits per heavy atom. The fourth-order valence-corrected chi connectivity index (χ4v) is 3.05. The zero-order valence-electron chi connectivity index (χ0n) is 15.3. The highest BCUT2D eigenvalue weighted by Crippen LogP contribution is 2.29. The summed E-state index contributed by atoms with van der Waals surface area (Å²) >= 11 is 0. The minimum absolute atomic E-state index is 0.0781. The molecule has 1 N–H and O–H groups in total. The van der Waals surface area contributed by atoms with Crippen molar-refractivity contribution in [2.75, 3.05) is 0 Å². The molecule has 5 nitrogen and oxygen atoms in total. The van der Waals surface area contributed by atoms with E-state index in [4.69, 9.17) is 0 Å². The molecule has 0 saturated heterocycles. The highest BCUT2D eigenvalue weighted by molar-refractivity contribution is 6.05. The van der Waals surface area contributed by atoms with Gasteiger partial charge in [-0.15, -0.1) is 0 Å². The van der Waals surface area contributed by atoms with Gasteiger partial charge in [0.2, 0.25) is 0 Å². The molecule has 0 radical (unpaired) electrons. The lowest BCUT2D eigenvalue weighted by molar-refractivity contribution is -0.137. The average Bonchev–Trinajstić information content (AvgIpc) is 3.16. The summed E-state index contributed by atoms with van der Waals surface area (Å²) in [5, 5.41) is 7.36. The van der Waals surface area contributed by atoms with E-state index in [1.54, 1.807) is 12.1 Å². The second-order valence-electron chi connectivity index (χ2n) is 6.53. The second-order valence-corrected chi connectivity index (χ2v) is 6.53. The maximum atomic E-state index is 13.2. The minimum Gasteiger partial charge on any atom is -0.348 e. The molecule has 2 heterocycles. The summed E-state index contributed by atoms with van der Waals surface area (Å²) in [4.78, 5) is 16.7. The van der Waals surface area contributed by atoms with Crippen LogP contribution in [0.2, 0.25) is 0 Å². The third kappa shape index (κ3) is 3.86. The Morgan fingerprint density at radius 2 is 1.80 bits per heavy atom. The van der Waals surface area contributed by atoms with Gasteiger partial charge in [0.25, 0.3) is 5.91 Å². The number of benzene rings is 2. The Bertz CT molecular complexity index is 1220. The SMILES string of the molecule is O=C(NCc1cccc(C(F)(F)F)c1)c1cncc2c1cnn2-c1ccc(F)cc1. The van der Waals surface area contributed by atoms with Crippen LogP contribution in [0.25, 0.3) is 16.6 Å². The van der Waals surface area contributed by atoms with Crippen LogP contribution in [0.15, 0.2) is 67.1 Å². The lowest BCUT2D eigenvalue weighted by atomic mass is 10.1. The van der Waals surface area contributed by atoms with E-state index >= 15 is 0 Å². The summed E-state index contributed by atoms with van der Waals surface area (Å²) in [6, 6.07) is 10.4. The monoisotopic (exact) mass is 414 g/mol. The van der Waals surface area contributed by atoms with Gasteiger partial charge in [-0.1, -0.05) is 12.1 Å². The molecule has 30 heavy (non-hydrogen) atoms. The molecule has 0 fully saturated rings. The second kappa shape index (κ2) is 7.58. The van der Waals surface area contributed by atoms with Gasteiger partial charge in [-0.25, -0.2) is 9.07 Å². The van der Waals surface area contributed by atoms with Crippen molar-refractivity contribution in [2.45, 2.75) is 12.7 Å². The van der Waals surface area contributed by atoms with Crippen LogP contribution in [-0.2, 0) is 12.7 Å². The van der Waals surface area contributed by atoms with Crippen molar-refractivity contribution in [1.29, 1.82) is 0 Å². The Kier molecular flexibility index (Phi) is 4.94. The Balaban J connectivity index is 1.58. The van der Waals surface area contributed by atoms with Crippen molar-refractivity contribution < 1.29 is 22.4 Å². The number of amides is 1. The number of nitrogens with one attached hydrogen (secondary N) is 1. The summed E-state index contributed by atoms with van der Waals surface area (Å²) in [7, 11) is 0. The predicted octanol–water partition coefficient (Wildman–Crippen LogP) is 4.51. The van der Waals surface area contributed by atoms with E-state index in [9.17, 15) is 22.4 Å². The van der Waals surface area contributed by atoms with Crippen LogP contribution in [0.4, 0.5) is 17.6 Å². The predicted molar refractivity (Wildman–Crippen MR) is 101 cm³/mol. The van der Waals surface area contributed by atoms with E-state index in [0.29, 0.717) is 22.2 Å². The molecule has 152 valence electrons. The van der Waals surface area contributed by atoms with Crippen molar-refractivity contribution in [3.8, 4) is 5.69 Å².